The van der Waals surface area contributed by atoms with Crippen molar-refractivity contribution >= 4 is 28.8 Å². The molecule has 0 spiro atoms. The molecule has 0 unspecified atom stereocenters. The highest BCUT2D eigenvalue weighted by molar-refractivity contribution is 5.71. The monoisotopic (exact) mass is 581 g/mol. The number of aliphatic hydroxyl groups excluding tert-OH is 1. The number of nitrogens with two attached hydrogens (primary N) is 2. The number of hydrogen-bond acceptors (Lipinski definition) is 12. The van der Waals surface area contributed by atoms with Gasteiger partial charge in [-0.1, -0.05) is 0 Å². The fourth-order valence-corrected chi connectivity index (χ4v) is 3.73. The van der Waals surface area contributed by atoms with Crippen molar-refractivity contribution in [1.29, 1.82) is 0 Å². The Balaban J connectivity index is 1.46. The van der Waals surface area contributed by atoms with Crippen molar-refractivity contribution in [3.63, 3.8) is 0 Å². The minimum absolute atomic E-state index is 0.250. The van der Waals surface area contributed by atoms with Gasteiger partial charge in [0.05, 0.1) is 30.8 Å². The first-order valence-corrected chi connectivity index (χ1v) is 13.9. The number of anilines is 5. The van der Waals surface area contributed by atoms with E-state index in [1.165, 1.54) is 11.2 Å². The molecule has 0 fully saturated rings. The highest BCUT2D eigenvalue weighted by Crippen LogP contribution is 2.28. The van der Waals surface area contributed by atoms with Crippen LogP contribution < -0.4 is 36.7 Å². The minimum Gasteiger partial charge on any atom is -0.494 e. The number of hydrazine groups is 1. The third-order valence-corrected chi connectivity index (χ3v) is 5.72. The van der Waals surface area contributed by atoms with E-state index in [9.17, 15) is 0 Å². The third-order valence-electron chi connectivity index (χ3n) is 5.72. The zero-order chi connectivity index (χ0) is 30.5. The number of nitrogens with zero attached hydrogens (tertiary/aromatic N) is 3. The summed E-state index contributed by atoms with van der Waals surface area (Å²) in [5.41, 5.74) is 7.59. The maximum atomic E-state index is 8.92. The normalized spacial score (nSPS) is 11.2. The molecule has 12 heteroatoms. The van der Waals surface area contributed by atoms with Crippen LogP contribution in [0, 0.1) is 0 Å². The molecule has 3 rings (SSSR count). The van der Waals surface area contributed by atoms with E-state index in [1.54, 1.807) is 24.3 Å². The van der Waals surface area contributed by atoms with Crippen molar-refractivity contribution in [2.75, 3.05) is 35.8 Å². The van der Waals surface area contributed by atoms with E-state index in [2.05, 4.69) is 27.2 Å². The number of nitrogens with one attached hydrogen (secondary N) is 2. The molecule has 1 heterocycles. The average Bonchev–Trinajstić information content (AvgIpc) is 2.94. The zero-order valence-electron chi connectivity index (χ0n) is 24.5. The number of unbranched alkanes of at least 4 members (excludes halogenated alkanes) is 1. The molecule has 0 radical (unpaired) electrons. The number of ether oxygens (including phenoxy) is 3. The van der Waals surface area contributed by atoms with E-state index < -0.39 is 6.29 Å². The van der Waals surface area contributed by atoms with Crippen LogP contribution >= 0.6 is 0 Å². The van der Waals surface area contributed by atoms with Crippen molar-refractivity contribution in [1.82, 2.24) is 15.3 Å². The molecule has 0 aliphatic heterocycles. The van der Waals surface area contributed by atoms with Crippen LogP contribution in [0.4, 0.5) is 28.8 Å². The first kappa shape index (κ1) is 32.3. The van der Waals surface area contributed by atoms with Gasteiger partial charge in [0.1, 0.15) is 17.1 Å². The molecule has 0 aliphatic carbocycles. The molecular formula is C30H43N7O5. The largest absolute Gasteiger partial charge is 0.494 e. The highest BCUT2D eigenvalue weighted by atomic mass is 16.5. The summed E-state index contributed by atoms with van der Waals surface area (Å²) in [7, 11) is 0. The molecule has 1 aromatic heterocycles. The van der Waals surface area contributed by atoms with E-state index in [4.69, 9.17) is 36.0 Å². The number of hydrogen-bond donors (Lipinski definition) is 6. The van der Waals surface area contributed by atoms with Crippen molar-refractivity contribution in [3.05, 3.63) is 67.2 Å². The SMILES string of the molecule is C=C(NCCCCOc1ccc(Nc2ncc(N)c(N(N)c3ccc(OCCCC(O)O)cc3)n2)cc1)OC(C)(C)C. The van der Waals surface area contributed by atoms with Gasteiger partial charge in [-0.3, -0.25) is 5.01 Å². The summed E-state index contributed by atoms with van der Waals surface area (Å²) < 4.78 is 17.1. The van der Waals surface area contributed by atoms with Crippen LogP contribution in [0.1, 0.15) is 46.5 Å². The Morgan fingerprint density at radius 2 is 1.60 bits per heavy atom. The molecule has 12 nitrogen and oxygen atoms in total. The van der Waals surface area contributed by atoms with Gasteiger partial charge in [0, 0.05) is 18.7 Å². The van der Waals surface area contributed by atoms with Gasteiger partial charge < -0.3 is 40.8 Å². The summed E-state index contributed by atoms with van der Waals surface area (Å²) in [4.78, 5) is 8.77. The van der Waals surface area contributed by atoms with Gasteiger partial charge in [-0.05, 0) is 95.1 Å². The zero-order valence-corrected chi connectivity index (χ0v) is 24.5. The Hall–Kier alpha value is -4.26. The number of rotatable bonds is 17. The second kappa shape index (κ2) is 15.7. The Kier molecular flexibility index (Phi) is 12.0. The van der Waals surface area contributed by atoms with Crippen molar-refractivity contribution in [2.24, 2.45) is 5.84 Å². The molecular weight excluding hydrogens is 538 g/mol. The van der Waals surface area contributed by atoms with Crippen LogP contribution in [-0.4, -0.2) is 51.8 Å². The molecule has 2 aromatic carbocycles. The van der Waals surface area contributed by atoms with Crippen LogP contribution in [0.3, 0.4) is 0 Å². The summed E-state index contributed by atoms with van der Waals surface area (Å²) in [6, 6.07) is 14.6. The molecule has 0 saturated carbocycles. The number of nitrogen functional groups attached to an aromatic ring is 1. The Bertz CT molecular complexity index is 1250. The van der Waals surface area contributed by atoms with Crippen molar-refractivity contribution < 1.29 is 24.4 Å². The van der Waals surface area contributed by atoms with Crippen LogP contribution in [0.15, 0.2) is 67.2 Å². The molecule has 0 atom stereocenters. The summed E-state index contributed by atoms with van der Waals surface area (Å²) in [5, 5.41) is 25.5. The van der Waals surface area contributed by atoms with E-state index in [1.807, 2.05) is 45.0 Å². The molecule has 3 aromatic rings. The fraction of sp³-hybridized carbons (Fsp3) is 0.400. The van der Waals surface area contributed by atoms with Crippen LogP contribution in [0.25, 0.3) is 0 Å². The van der Waals surface area contributed by atoms with E-state index in [0.29, 0.717) is 54.4 Å². The third kappa shape index (κ3) is 11.3. The molecule has 42 heavy (non-hydrogen) atoms. The second-order valence-corrected chi connectivity index (χ2v) is 10.6. The van der Waals surface area contributed by atoms with E-state index in [0.717, 1.165) is 30.8 Å². The predicted molar refractivity (Wildman–Crippen MR) is 165 cm³/mol. The van der Waals surface area contributed by atoms with Crippen LogP contribution in [-0.2, 0) is 4.74 Å². The molecule has 8 N–H and O–H groups in total. The highest BCUT2D eigenvalue weighted by Gasteiger charge is 2.14. The second-order valence-electron chi connectivity index (χ2n) is 10.6. The lowest BCUT2D eigenvalue weighted by Gasteiger charge is -2.23. The van der Waals surface area contributed by atoms with Gasteiger partial charge >= 0.3 is 0 Å². The molecule has 0 bridgehead atoms. The molecule has 0 saturated heterocycles. The molecule has 0 aliphatic rings. The Morgan fingerprint density at radius 1 is 0.976 bits per heavy atom. The lowest BCUT2D eigenvalue weighted by atomic mass is 10.2. The lowest BCUT2D eigenvalue weighted by Crippen LogP contribution is -2.27. The lowest BCUT2D eigenvalue weighted by molar-refractivity contribution is -0.0479. The van der Waals surface area contributed by atoms with Gasteiger partial charge in [-0.25, -0.2) is 10.8 Å². The summed E-state index contributed by atoms with van der Waals surface area (Å²) in [6.45, 7) is 11.6. The number of aliphatic hydroxyl groups is 2. The maximum absolute atomic E-state index is 8.92. The quantitative estimate of drug-likeness (QED) is 0.0439. The van der Waals surface area contributed by atoms with Gasteiger partial charge in [0.2, 0.25) is 5.95 Å². The van der Waals surface area contributed by atoms with Gasteiger partial charge in [0.15, 0.2) is 18.0 Å². The summed E-state index contributed by atoms with van der Waals surface area (Å²) >= 11 is 0. The van der Waals surface area contributed by atoms with Crippen LogP contribution in [0.2, 0.25) is 0 Å². The van der Waals surface area contributed by atoms with Gasteiger partial charge in [-0.15, -0.1) is 0 Å². The van der Waals surface area contributed by atoms with Gasteiger partial charge in [0.25, 0.3) is 0 Å². The fourth-order valence-electron chi connectivity index (χ4n) is 3.73. The average molecular weight is 582 g/mol. The topological polar surface area (TPSA) is 173 Å². The van der Waals surface area contributed by atoms with E-state index in [-0.39, 0.29) is 12.0 Å². The first-order valence-electron chi connectivity index (χ1n) is 13.9. The standard InChI is InChI=1S/C30H43N7O5/c1-21(42-30(2,3)4)33-17-5-6-18-40-24-13-9-22(10-14-24)35-29-34-20-26(31)28(36-29)37(32)23-11-15-25(16-12-23)41-19-7-8-27(38)39/h9-16,20,27,33,38-39H,1,5-8,17-19,31-32H2,2-4H3,(H,34,35,36). The summed E-state index contributed by atoms with van der Waals surface area (Å²) in [5.74, 6) is 8.97. The van der Waals surface area contributed by atoms with Crippen molar-refractivity contribution in [3.8, 4) is 11.5 Å². The number of aromatic nitrogens is 2. The number of benzene rings is 2. The molecule has 228 valence electrons. The summed E-state index contributed by atoms with van der Waals surface area (Å²) in [6.07, 6.45) is 2.75. The minimum atomic E-state index is -1.33. The smallest absolute Gasteiger partial charge is 0.229 e. The Morgan fingerprint density at radius 3 is 2.21 bits per heavy atom. The van der Waals surface area contributed by atoms with Gasteiger partial charge in [-0.2, -0.15) is 4.98 Å². The van der Waals surface area contributed by atoms with Crippen molar-refractivity contribution in [2.45, 2.75) is 58.3 Å². The predicted octanol–water partition coefficient (Wildman–Crippen LogP) is 4.32. The maximum Gasteiger partial charge on any atom is 0.229 e. The van der Waals surface area contributed by atoms with E-state index >= 15 is 0 Å². The Labute approximate surface area is 247 Å². The molecule has 0 amide bonds. The van der Waals surface area contributed by atoms with Crippen LogP contribution in [0.5, 0.6) is 11.5 Å². The first-order chi connectivity index (χ1) is 20.0.